The Morgan fingerprint density at radius 3 is 2.69 bits per heavy atom. The fourth-order valence-electron chi connectivity index (χ4n) is 1.67. The van der Waals surface area contributed by atoms with Gasteiger partial charge in [-0.25, -0.2) is 4.98 Å². The molecule has 1 fully saturated rings. The largest absolute Gasteiger partial charge is 0.416 e. The van der Waals surface area contributed by atoms with E-state index in [0.29, 0.717) is 31.4 Å². The van der Waals surface area contributed by atoms with Crippen LogP contribution in [0.4, 0.5) is 19.0 Å². The standard InChI is InChI=1S/C10H12F3N3/c11-10(12,13)8-1-2-15-9(3-8)16-5-7(4-14)6-16/h1-3,7H,4-6,14H2. The van der Waals surface area contributed by atoms with Gasteiger partial charge in [0.25, 0.3) is 0 Å². The Morgan fingerprint density at radius 1 is 1.44 bits per heavy atom. The molecule has 0 radical (unpaired) electrons. The number of aromatic nitrogens is 1. The molecule has 2 N–H and O–H groups in total. The maximum atomic E-state index is 12.4. The summed E-state index contributed by atoms with van der Waals surface area (Å²) in [4.78, 5) is 5.73. The maximum absolute atomic E-state index is 12.4. The van der Waals surface area contributed by atoms with Gasteiger partial charge in [-0.3, -0.25) is 0 Å². The molecule has 6 heteroatoms. The summed E-state index contributed by atoms with van der Waals surface area (Å²) in [5.41, 5.74) is 4.79. The van der Waals surface area contributed by atoms with Gasteiger partial charge >= 0.3 is 6.18 Å². The number of nitrogens with two attached hydrogens (primary N) is 1. The zero-order valence-electron chi connectivity index (χ0n) is 8.54. The van der Waals surface area contributed by atoms with E-state index >= 15 is 0 Å². The molecule has 88 valence electrons. The van der Waals surface area contributed by atoms with E-state index < -0.39 is 11.7 Å². The molecule has 1 aliphatic heterocycles. The van der Waals surface area contributed by atoms with Gasteiger partial charge in [0, 0.05) is 25.2 Å². The fraction of sp³-hybridized carbons (Fsp3) is 0.500. The van der Waals surface area contributed by atoms with Crippen LogP contribution in [0.25, 0.3) is 0 Å². The number of pyridine rings is 1. The van der Waals surface area contributed by atoms with Crippen LogP contribution in [0.1, 0.15) is 5.56 Å². The molecular weight excluding hydrogens is 219 g/mol. The molecule has 0 aromatic carbocycles. The lowest BCUT2D eigenvalue weighted by Crippen LogP contribution is -2.50. The van der Waals surface area contributed by atoms with Crippen LogP contribution < -0.4 is 10.6 Å². The summed E-state index contributed by atoms with van der Waals surface area (Å²) in [7, 11) is 0. The van der Waals surface area contributed by atoms with E-state index in [2.05, 4.69) is 4.98 Å². The van der Waals surface area contributed by atoms with Gasteiger partial charge in [-0.05, 0) is 18.7 Å². The Balaban J connectivity index is 2.12. The second-order valence-electron chi connectivity index (χ2n) is 3.91. The molecule has 0 atom stereocenters. The van der Waals surface area contributed by atoms with Gasteiger partial charge in [-0.1, -0.05) is 0 Å². The van der Waals surface area contributed by atoms with Crippen molar-refractivity contribution in [3.63, 3.8) is 0 Å². The third-order valence-electron chi connectivity index (χ3n) is 2.69. The lowest BCUT2D eigenvalue weighted by atomic mass is 10.0. The van der Waals surface area contributed by atoms with Crippen molar-refractivity contribution in [2.75, 3.05) is 24.5 Å². The summed E-state index contributed by atoms with van der Waals surface area (Å²) in [6, 6.07) is 2.05. The van der Waals surface area contributed by atoms with E-state index in [-0.39, 0.29) is 0 Å². The number of rotatable bonds is 2. The van der Waals surface area contributed by atoms with Crippen LogP contribution in [0.15, 0.2) is 18.3 Å². The third-order valence-corrected chi connectivity index (χ3v) is 2.69. The van der Waals surface area contributed by atoms with E-state index in [1.807, 2.05) is 0 Å². The van der Waals surface area contributed by atoms with Crippen molar-refractivity contribution in [2.24, 2.45) is 11.7 Å². The monoisotopic (exact) mass is 231 g/mol. The lowest BCUT2D eigenvalue weighted by Gasteiger charge is -2.39. The molecule has 1 aliphatic rings. The van der Waals surface area contributed by atoms with Crippen molar-refractivity contribution in [1.29, 1.82) is 0 Å². The minimum Gasteiger partial charge on any atom is -0.356 e. The first-order valence-electron chi connectivity index (χ1n) is 4.99. The van der Waals surface area contributed by atoms with Crippen molar-refractivity contribution >= 4 is 5.82 Å². The highest BCUT2D eigenvalue weighted by Crippen LogP contribution is 2.32. The molecule has 0 bridgehead atoms. The van der Waals surface area contributed by atoms with Crippen molar-refractivity contribution in [3.05, 3.63) is 23.9 Å². The average Bonchev–Trinajstić information content (AvgIpc) is 2.15. The van der Waals surface area contributed by atoms with Gasteiger partial charge in [-0.15, -0.1) is 0 Å². The van der Waals surface area contributed by atoms with Crippen LogP contribution in [-0.4, -0.2) is 24.6 Å². The molecule has 0 spiro atoms. The molecule has 0 amide bonds. The predicted molar refractivity (Wildman–Crippen MR) is 54.0 cm³/mol. The Bertz CT molecular complexity index is 372. The first-order valence-corrected chi connectivity index (χ1v) is 4.99. The highest BCUT2D eigenvalue weighted by Gasteiger charge is 2.32. The molecule has 0 unspecified atom stereocenters. The normalized spacial score (nSPS) is 17.4. The summed E-state index contributed by atoms with van der Waals surface area (Å²) in [5.74, 6) is 0.746. The summed E-state index contributed by atoms with van der Waals surface area (Å²) in [6.07, 6.45) is -3.12. The van der Waals surface area contributed by atoms with E-state index in [4.69, 9.17) is 5.73 Å². The van der Waals surface area contributed by atoms with E-state index in [9.17, 15) is 13.2 Å². The highest BCUT2D eigenvalue weighted by molar-refractivity contribution is 5.44. The second kappa shape index (κ2) is 3.93. The van der Waals surface area contributed by atoms with E-state index in [1.165, 1.54) is 6.20 Å². The Hall–Kier alpha value is -1.30. The van der Waals surface area contributed by atoms with Crippen molar-refractivity contribution in [1.82, 2.24) is 4.98 Å². The summed E-state index contributed by atoms with van der Waals surface area (Å²) in [5, 5.41) is 0. The smallest absolute Gasteiger partial charge is 0.356 e. The van der Waals surface area contributed by atoms with Gasteiger partial charge < -0.3 is 10.6 Å². The maximum Gasteiger partial charge on any atom is 0.416 e. The summed E-state index contributed by atoms with van der Waals surface area (Å²) < 4.78 is 37.3. The first kappa shape index (κ1) is 11.2. The molecule has 1 aromatic rings. The topological polar surface area (TPSA) is 42.1 Å². The summed E-state index contributed by atoms with van der Waals surface area (Å²) in [6.45, 7) is 1.94. The van der Waals surface area contributed by atoms with Crippen LogP contribution in [0.2, 0.25) is 0 Å². The van der Waals surface area contributed by atoms with Crippen LogP contribution in [0, 0.1) is 5.92 Å². The number of hydrogen-bond acceptors (Lipinski definition) is 3. The van der Waals surface area contributed by atoms with Crippen LogP contribution >= 0.6 is 0 Å². The number of halogens is 3. The quantitative estimate of drug-likeness (QED) is 0.838. The minimum atomic E-state index is -4.31. The van der Waals surface area contributed by atoms with Crippen LogP contribution in [0.3, 0.4) is 0 Å². The summed E-state index contributed by atoms with van der Waals surface area (Å²) >= 11 is 0. The molecular formula is C10H12F3N3. The van der Waals surface area contributed by atoms with Gasteiger partial charge in [0.05, 0.1) is 5.56 Å². The number of hydrogen-bond donors (Lipinski definition) is 1. The molecule has 0 aliphatic carbocycles. The number of alkyl halides is 3. The molecule has 1 aromatic heterocycles. The van der Waals surface area contributed by atoms with Gasteiger partial charge in [0.1, 0.15) is 5.82 Å². The van der Waals surface area contributed by atoms with Crippen LogP contribution in [-0.2, 0) is 6.18 Å². The van der Waals surface area contributed by atoms with E-state index in [1.54, 1.807) is 4.90 Å². The van der Waals surface area contributed by atoms with Crippen LogP contribution in [0.5, 0.6) is 0 Å². The first-order chi connectivity index (χ1) is 7.50. The number of nitrogens with zero attached hydrogens (tertiary/aromatic N) is 2. The Morgan fingerprint density at radius 2 is 2.12 bits per heavy atom. The number of anilines is 1. The fourth-order valence-corrected chi connectivity index (χ4v) is 1.67. The minimum absolute atomic E-state index is 0.372. The molecule has 3 nitrogen and oxygen atoms in total. The molecule has 16 heavy (non-hydrogen) atoms. The average molecular weight is 231 g/mol. The van der Waals surface area contributed by atoms with Crippen molar-refractivity contribution in [3.8, 4) is 0 Å². The SMILES string of the molecule is NCC1CN(c2cc(C(F)(F)F)ccn2)C1. The van der Waals surface area contributed by atoms with E-state index in [0.717, 1.165) is 12.1 Å². The molecule has 0 saturated carbocycles. The van der Waals surface area contributed by atoms with Crippen molar-refractivity contribution < 1.29 is 13.2 Å². The second-order valence-corrected chi connectivity index (χ2v) is 3.91. The van der Waals surface area contributed by atoms with Gasteiger partial charge in [0.2, 0.25) is 0 Å². The molecule has 2 rings (SSSR count). The van der Waals surface area contributed by atoms with Gasteiger partial charge in [-0.2, -0.15) is 13.2 Å². The molecule has 2 heterocycles. The Kier molecular flexibility index (Phi) is 2.75. The lowest BCUT2D eigenvalue weighted by molar-refractivity contribution is -0.137. The zero-order chi connectivity index (χ0) is 11.8. The van der Waals surface area contributed by atoms with Gasteiger partial charge in [0.15, 0.2) is 0 Å². The Labute approximate surface area is 91.1 Å². The van der Waals surface area contributed by atoms with Crippen molar-refractivity contribution in [2.45, 2.75) is 6.18 Å². The third kappa shape index (κ3) is 2.11. The highest BCUT2D eigenvalue weighted by atomic mass is 19.4. The molecule has 1 saturated heterocycles. The predicted octanol–water partition coefficient (Wildman–Crippen LogP) is 1.50. The zero-order valence-corrected chi connectivity index (χ0v) is 8.54.